The van der Waals surface area contributed by atoms with E-state index in [2.05, 4.69) is 5.32 Å². The van der Waals surface area contributed by atoms with Crippen LogP contribution in [0.15, 0.2) is 54.6 Å². The van der Waals surface area contributed by atoms with Crippen LogP contribution in [0.3, 0.4) is 0 Å². The summed E-state index contributed by atoms with van der Waals surface area (Å²) in [5, 5.41) is 2.68. The van der Waals surface area contributed by atoms with Crippen LogP contribution in [0.2, 0.25) is 0 Å². The van der Waals surface area contributed by atoms with Gasteiger partial charge in [-0.15, -0.1) is 0 Å². The summed E-state index contributed by atoms with van der Waals surface area (Å²) >= 11 is 0. The van der Waals surface area contributed by atoms with Crippen molar-refractivity contribution in [1.29, 1.82) is 0 Å². The van der Waals surface area contributed by atoms with E-state index in [1.165, 1.54) is 11.1 Å². The molecule has 0 aliphatic rings. The normalized spacial score (nSPS) is 10.1. The first-order valence-corrected chi connectivity index (χ1v) is 7.06. The number of hydrogen-bond donors (Lipinski definition) is 1. The maximum atomic E-state index is 11.9. The van der Waals surface area contributed by atoms with Gasteiger partial charge in [0.15, 0.2) is 5.78 Å². The quantitative estimate of drug-likeness (QED) is 0.827. The van der Waals surface area contributed by atoms with Crippen LogP contribution in [0.1, 0.15) is 27.9 Å². The van der Waals surface area contributed by atoms with Gasteiger partial charge < -0.3 is 5.32 Å². The summed E-state index contributed by atoms with van der Waals surface area (Å²) in [7, 11) is 0. The molecule has 3 heteroatoms. The van der Waals surface area contributed by atoms with Gasteiger partial charge in [0.1, 0.15) is 0 Å². The topological polar surface area (TPSA) is 46.2 Å². The second-order valence-electron chi connectivity index (χ2n) is 4.99. The monoisotopic (exact) mass is 281 g/mol. The molecule has 0 fully saturated rings. The van der Waals surface area contributed by atoms with E-state index in [0.717, 1.165) is 0 Å². The zero-order valence-electron chi connectivity index (χ0n) is 12.1. The molecule has 0 bridgehead atoms. The lowest BCUT2D eigenvalue weighted by Gasteiger charge is -2.06. The Labute approximate surface area is 125 Å². The smallest absolute Gasteiger partial charge is 0.220 e. The molecular weight excluding hydrogens is 262 g/mol. The molecule has 2 aromatic rings. The SMILES string of the molecule is Cc1ccccc1CCC(=O)NCC(=O)c1ccccc1. The predicted octanol–water partition coefficient (Wildman–Crippen LogP) is 2.93. The van der Waals surface area contributed by atoms with Gasteiger partial charge in [0.2, 0.25) is 5.91 Å². The number of aryl methyl sites for hydroxylation is 2. The lowest BCUT2D eigenvalue weighted by Crippen LogP contribution is -2.29. The fourth-order valence-corrected chi connectivity index (χ4v) is 2.13. The molecule has 0 aliphatic heterocycles. The van der Waals surface area contributed by atoms with E-state index in [1.54, 1.807) is 12.1 Å². The number of benzene rings is 2. The summed E-state index contributed by atoms with van der Waals surface area (Å²) in [5.41, 5.74) is 2.98. The molecule has 0 heterocycles. The summed E-state index contributed by atoms with van der Waals surface area (Å²) in [5.74, 6) is -0.164. The zero-order valence-corrected chi connectivity index (χ0v) is 12.1. The molecule has 0 spiro atoms. The van der Waals surface area contributed by atoms with E-state index in [-0.39, 0.29) is 18.2 Å². The number of ketones is 1. The van der Waals surface area contributed by atoms with Crippen molar-refractivity contribution in [2.45, 2.75) is 19.8 Å². The molecule has 0 radical (unpaired) electrons. The molecule has 0 saturated heterocycles. The number of carbonyl (C=O) groups excluding carboxylic acids is 2. The van der Waals surface area contributed by atoms with Gasteiger partial charge >= 0.3 is 0 Å². The van der Waals surface area contributed by atoms with Crippen LogP contribution in [0, 0.1) is 6.92 Å². The second kappa shape index (κ2) is 7.39. The van der Waals surface area contributed by atoms with Crippen LogP contribution >= 0.6 is 0 Å². The van der Waals surface area contributed by atoms with Crippen molar-refractivity contribution in [2.24, 2.45) is 0 Å². The summed E-state index contributed by atoms with van der Waals surface area (Å²) in [6.45, 7) is 2.09. The number of nitrogens with one attached hydrogen (secondary N) is 1. The molecule has 0 saturated carbocycles. The molecule has 108 valence electrons. The zero-order chi connectivity index (χ0) is 15.1. The van der Waals surface area contributed by atoms with Gasteiger partial charge in [0.25, 0.3) is 0 Å². The summed E-state index contributed by atoms with van der Waals surface area (Å²) in [6.07, 6.45) is 1.09. The minimum atomic E-state index is -0.0949. The van der Waals surface area contributed by atoms with Crippen LogP contribution in [-0.2, 0) is 11.2 Å². The highest BCUT2D eigenvalue weighted by molar-refractivity contribution is 5.99. The van der Waals surface area contributed by atoms with Crippen molar-refractivity contribution < 1.29 is 9.59 Å². The average Bonchev–Trinajstić information content (AvgIpc) is 2.52. The molecule has 2 rings (SSSR count). The number of amides is 1. The van der Waals surface area contributed by atoms with Crippen LogP contribution in [0.5, 0.6) is 0 Å². The Morgan fingerprint density at radius 1 is 0.952 bits per heavy atom. The minimum absolute atomic E-state index is 0.0522. The van der Waals surface area contributed by atoms with E-state index >= 15 is 0 Å². The molecule has 0 unspecified atom stereocenters. The molecule has 2 aromatic carbocycles. The molecular formula is C18H19NO2. The van der Waals surface area contributed by atoms with Crippen molar-refractivity contribution in [3.05, 3.63) is 71.3 Å². The fraction of sp³-hybridized carbons (Fsp3) is 0.222. The summed E-state index contributed by atoms with van der Waals surface area (Å²) in [6, 6.07) is 17.0. The number of rotatable bonds is 6. The molecule has 3 nitrogen and oxygen atoms in total. The van der Waals surface area contributed by atoms with Crippen LogP contribution in [0.25, 0.3) is 0 Å². The van der Waals surface area contributed by atoms with E-state index in [0.29, 0.717) is 18.4 Å². The second-order valence-corrected chi connectivity index (χ2v) is 4.99. The molecule has 0 aliphatic carbocycles. The lowest BCUT2D eigenvalue weighted by molar-refractivity contribution is -0.120. The lowest BCUT2D eigenvalue weighted by atomic mass is 10.0. The summed E-state index contributed by atoms with van der Waals surface area (Å²) < 4.78 is 0. The number of carbonyl (C=O) groups is 2. The van der Waals surface area contributed by atoms with Crippen molar-refractivity contribution in [3.63, 3.8) is 0 Å². The first-order chi connectivity index (χ1) is 10.2. The van der Waals surface area contributed by atoms with Crippen molar-refractivity contribution in [2.75, 3.05) is 6.54 Å². The van der Waals surface area contributed by atoms with Gasteiger partial charge in [-0.2, -0.15) is 0 Å². The van der Waals surface area contributed by atoms with Gasteiger partial charge in [-0.05, 0) is 24.5 Å². The van der Waals surface area contributed by atoms with Crippen LogP contribution in [-0.4, -0.2) is 18.2 Å². The Morgan fingerprint density at radius 3 is 2.33 bits per heavy atom. The first-order valence-electron chi connectivity index (χ1n) is 7.06. The molecule has 21 heavy (non-hydrogen) atoms. The largest absolute Gasteiger partial charge is 0.349 e. The Balaban J connectivity index is 1.78. The Morgan fingerprint density at radius 2 is 1.62 bits per heavy atom. The highest BCUT2D eigenvalue weighted by atomic mass is 16.2. The van der Waals surface area contributed by atoms with E-state index in [1.807, 2.05) is 49.4 Å². The van der Waals surface area contributed by atoms with Gasteiger partial charge in [-0.1, -0.05) is 54.6 Å². The Bertz CT molecular complexity index is 620. The third kappa shape index (κ3) is 4.56. The standard InChI is InChI=1S/C18H19NO2/c1-14-7-5-6-8-15(14)11-12-18(21)19-13-17(20)16-9-3-2-4-10-16/h2-10H,11-13H2,1H3,(H,19,21). The highest BCUT2D eigenvalue weighted by Crippen LogP contribution is 2.09. The minimum Gasteiger partial charge on any atom is -0.349 e. The van der Waals surface area contributed by atoms with Crippen LogP contribution < -0.4 is 5.32 Å². The number of Topliss-reactive ketones (excluding diaryl/α,β-unsaturated/α-hetero) is 1. The van der Waals surface area contributed by atoms with E-state index in [4.69, 9.17) is 0 Å². The van der Waals surface area contributed by atoms with Gasteiger partial charge in [0, 0.05) is 12.0 Å². The Kier molecular flexibility index (Phi) is 5.27. The summed E-state index contributed by atoms with van der Waals surface area (Å²) in [4.78, 5) is 23.7. The van der Waals surface area contributed by atoms with Crippen LogP contribution in [0.4, 0.5) is 0 Å². The Hall–Kier alpha value is -2.42. The van der Waals surface area contributed by atoms with Crippen molar-refractivity contribution in [1.82, 2.24) is 5.32 Å². The van der Waals surface area contributed by atoms with Crippen molar-refractivity contribution in [3.8, 4) is 0 Å². The molecule has 1 N–H and O–H groups in total. The first kappa shape index (κ1) is 15.0. The molecule has 0 aromatic heterocycles. The average molecular weight is 281 g/mol. The third-order valence-electron chi connectivity index (χ3n) is 3.42. The van der Waals surface area contributed by atoms with Gasteiger partial charge in [-0.25, -0.2) is 0 Å². The van der Waals surface area contributed by atoms with Gasteiger partial charge in [0.05, 0.1) is 6.54 Å². The van der Waals surface area contributed by atoms with Gasteiger partial charge in [-0.3, -0.25) is 9.59 Å². The van der Waals surface area contributed by atoms with Crippen molar-refractivity contribution >= 4 is 11.7 Å². The van der Waals surface area contributed by atoms with E-state index in [9.17, 15) is 9.59 Å². The number of hydrogen-bond acceptors (Lipinski definition) is 2. The van der Waals surface area contributed by atoms with E-state index < -0.39 is 0 Å². The maximum Gasteiger partial charge on any atom is 0.220 e. The molecule has 0 atom stereocenters. The highest BCUT2D eigenvalue weighted by Gasteiger charge is 2.08. The predicted molar refractivity (Wildman–Crippen MR) is 83.3 cm³/mol. The third-order valence-corrected chi connectivity index (χ3v) is 3.42. The fourth-order valence-electron chi connectivity index (χ4n) is 2.13. The maximum absolute atomic E-state index is 11.9. The molecule has 1 amide bonds.